The van der Waals surface area contributed by atoms with Gasteiger partial charge in [-0.05, 0) is 42.3 Å². The zero-order chi connectivity index (χ0) is 23.9. The summed E-state index contributed by atoms with van der Waals surface area (Å²) < 4.78 is 27.0. The van der Waals surface area contributed by atoms with Gasteiger partial charge in [-0.25, -0.2) is 13.8 Å². The molecule has 33 heavy (non-hydrogen) atoms. The maximum atomic E-state index is 13.5. The van der Waals surface area contributed by atoms with E-state index in [1.807, 2.05) is 19.1 Å². The van der Waals surface area contributed by atoms with Gasteiger partial charge in [-0.3, -0.25) is 0 Å². The lowest BCUT2D eigenvalue weighted by Gasteiger charge is -2.28. The molecule has 6 N–H and O–H groups in total. The molecule has 0 bridgehead atoms. The Hall–Kier alpha value is -3.40. The summed E-state index contributed by atoms with van der Waals surface area (Å²) in [7, 11) is 0. The minimum Gasteiger partial charge on any atom is -0.392 e. The first-order chi connectivity index (χ1) is 15.7. The van der Waals surface area contributed by atoms with E-state index in [0.29, 0.717) is 22.2 Å². The van der Waals surface area contributed by atoms with E-state index in [9.17, 15) is 19.0 Å². The molecule has 2 unspecified atom stereocenters. The lowest BCUT2D eigenvalue weighted by atomic mass is 10.0. The zero-order valence-corrected chi connectivity index (χ0v) is 18.4. The van der Waals surface area contributed by atoms with Gasteiger partial charge in [0.15, 0.2) is 0 Å². The van der Waals surface area contributed by atoms with Crippen LogP contribution in [0.25, 0.3) is 5.70 Å². The van der Waals surface area contributed by atoms with Crippen molar-refractivity contribution in [1.82, 2.24) is 10.2 Å². The third-order valence-corrected chi connectivity index (χ3v) is 5.67. The van der Waals surface area contributed by atoms with E-state index in [0.717, 1.165) is 29.3 Å². The van der Waals surface area contributed by atoms with Gasteiger partial charge in [0.1, 0.15) is 40.6 Å². The van der Waals surface area contributed by atoms with Crippen molar-refractivity contribution < 1.29 is 19.0 Å². The number of amidine groups is 1. The number of anilines is 1. The molecule has 0 fully saturated rings. The average Bonchev–Trinajstić information content (AvgIpc) is 3.16. The molecule has 0 saturated heterocycles. The van der Waals surface area contributed by atoms with Crippen molar-refractivity contribution in [3.63, 3.8) is 0 Å². The van der Waals surface area contributed by atoms with Gasteiger partial charge >= 0.3 is 0 Å². The number of aliphatic hydroxyl groups is 2. The molecule has 7 nitrogen and oxygen atoms in total. The summed E-state index contributed by atoms with van der Waals surface area (Å²) in [5, 5.41) is 26.8. The molecule has 2 aromatic carbocycles. The fourth-order valence-corrected chi connectivity index (χ4v) is 4.12. The van der Waals surface area contributed by atoms with E-state index in [2.05, 4.69) is 22.2 Å². The van der Waals surface area contributed by atoms with Crippen molar-refractivity contribution in [3.05, 3.63) is 94.1 Å². The van der Waals surface area contributed by atoms with Crippen LogP contribution in [0.2, 0.25) is 0 Å². The largest absolute Gasteiger partial charge is 0.392 e. The molecule has 2 atom stereocenters. The molecule has 0 spiro atoms. The zero-order valence-electron chi connectivity index (χ0n) is 17.6. The molecule has 0 aliphatic carbocycles. The summed E-state index contributed by atoms with van der Waals surface area (Å²) in [6.45, 7) is 5.46. The SMILES string of the molecule is C=C(Nc1ccc(C2=C3C(N)=NC=C(Cl)N3C(CO)N2)c(C)c1)C(O)c1cc(F)cc(F)c1. The number of hydrogen-bond donors (Lipinski definition) is 5. The van der Waals surface area contributed by atoms with Crippen LogP contribution >= 0.6 is 11.6 Å². The van der Waals surface area contributed by atoms with Crippen LogP contribution in [0.15, 0.2) is 70.7 Å². The second kappa shape index (κ2) is 8.86. The van der Waals surface area contributed by atoms with E-state index in [1.165, 1.54) is 6.20 Å². The van der Waals surface area contributed by atoms with Crippen LogP contribution in [0.3, 0.4) is 0 Å². The van der Waals surface area contributed by atoms with Crippen molar-refractivity contribution in [3.8, 4) is 0 Å². The number of nitrogens with zero attached hydrogens (tertiary/aromatic N) is 2. The van der Waals surface area contributed by atoms with E-state index in [1.54, 1.807) is 11.0 Å². The van der Waals surface area contributed by atoms with Crippen LogP contribution in [0, 0.1) is 18.6 Å². The average molecular weight is 474 g/mol. The van der Waals surface area contributed by atoms with Gasteiger partial charge < -0.3 is 31.5 Å². The Labute approximate surface area is 194 Å². The van der Waals surface area contributed by atoms with Crippen LogP contribution in [0.4, 0.5) is 14.5 Å². The number of nitrogens with one attached hydrogen (secondary N) is 2. The van der Waals surface area contributed by atoms with Crippen LogP contribution in [-0.2, 0) is 0 Å². The molecule has 4 rings (SSSR count). The van der Waals surface area contributed by atoms with Gasteiger partial charge in [0.05, 0.1) is 18.5 Å². The Kier molecular flexibility index (Phi) is 6.11. The molecule has 0 aromatic heterocycles. The van der Waals surface area contributed by atoms with E-state index in [4.69, 9.17) is 17.3 Å². The number of benzene rings is 2. The number of fused-ring (bicyclic) bond motifs is 1. The molecule has 2 aliphatic heterocycles. The van der Waals surface area contributed by atoms with Crippen LogP contribution in [0.1, 0.15) is 22.8 Å². The molecular weight excluding hydrogens is 452 g/mol. The lowest BCUT2D eigenvalue weighted by Crippen LogP contribution is -2.41. The van der Waals surface area contributed by atoms with Gasteiger partial charge in [0.25, 0.3) is 0 Å². The van der Waals surface area contributed by atoms with Crippen LogP contribution < -0.4 is 16.4 Å². The second-order valence-corrected chi connectivity index (χ2v) is 8.07. The van der Waals surface area contributed by atoms with E-state index >= 15 is 0 Å². The maximum absolute atomic E-state index is 13.5. The lowest BCUT2D eigenvalue weighted by molar-refractivity contribution is 0.188. The Morgan fingerprint density at radius 2 is 2.00 bits per heavy atom. The first-order valence-electron chi connectivity index (χ1n) is 10.0. The summed E-state index contributed by atoms with van der Waals surface area (Å²) in [4.78, 5) is 5.80. The predicted molar refractivity (Wildman–Crippen MR) is 124 cm³/mol. The minimum atomic E-state index is -1.32. The smallest absolute Gasteiger partial charge is 0.149 e. The van der Waals surface area contributed by atoms with Gasteiger partial charge in [-0.15, -0.1) is 0 Å². The van der Waals surface area contributed by atoms with Crippen molar-refractivity contribution in [2.75, 3.05) is 11.9 Å². The first kappa shape index (κ1) is 22.8. The number of aryl methyl sites for hydroxylation is 1. The van der Waals surface area contributed by atoms with Gasteiger partial charge in [-0.1, -0.05) is 24.2 Å². The molecule has 10 heteroatoms. The predicted octanol–water partition coefficient (Wildman–Crippen LogP) is 3.23. The van der Waals surface area contributed by atoms with E-state index in [-0.39, 0.29) is 23.7 Å². The highest BCUT2D eigenvalue weighted by atomic mass is 35.5. The van der Waals surface area contributed by atoms with Crippen LogP contribution in [0.5, 0.6) is 0 Å². The van der Waals surface area contributed by atoms with Gasteiger partial charge in [-0.2, -0.15) is 0 Å². The third kappa shape index (κ3) is 4.30. The van der Waals surface area contributed by atoms with Crippen molar-refractivity contribution in [1.29, 1.82) is 0 Å². The summed E-state index contributed by atoms with van der Waals surface area (Å²) in [5.74, 6) is -1.31. The second-order valence-electron chi connectivity index (χ2n) is 7.69. The highest BCUT2D eigenvalue weighted by molar-refractivity contribution is 6.30. The number of aliphatic imine (C=N–C) groups is 1. The number of nitrogens with two attached hydrogens (primary N) is 1. The fraction of sp³-hybridized carbons (Fsp3) is 0.174. The molecule has 0 saturated carbocycles. The van der Waals surface area contributed by atoms with Gasteiger partial charge in [0.2, 0.25) is 0 Å². The first-order valence-corrected chi connectivity index (χ1v) is 10.4. The highest BCUT2D eigenvalue weighted by Crippen LogP contribution is 2.36. The molecule has 0 amide bonds. The number of aliphatic hydroxyl groups excluding tert-OH is 2. The summed E-state index contributed by atoms with van der Waals surface area (Å²) in [5.41, 5.74) is 9.79. The van der Waals surface area contributed by atoms with Crippen molar-refractivity contribution in [2.45, 2.75) is 19.2 Å². The number of hydrogen-bond acceptors (Lipinski definition) is 7. The minimum absolute atomic E-state index is 0.0487. The topological polar surface area (TPSA) is 106 Å². The normalized spacial score (nSPS) is 18.4. The Morgan fingerprint density at radius 1 is 1.30 bits per heavy atom. The third-order valence-electron chi connectivity index (χ3n) is 5.39. The molecule has 0 radical (unpaired) electrons. The Balaban J connectivity index is 1.59. The Morgan fingerprint density at radius 3 is 2.64 bits per heavy atom. The quantitative estimate of drug-likeness (QED) is 0.412. The monoisotopic (exact) mass is 473 g/mol. The molecular formula is C23H22ClF2N5O2. The summed E-state index contributed by atoms with van der Waals surface area (Å²) >= 11 is 6.28. The molecule has 2 aliphatic rings. The van der Waals surface area contributed by atoms with Gasteiger partial charge in [0, 0.05) is 23.0 Å². The summed E-state index contributed by atoms with van der Waals surface area (Å²) in [6.07, 6.45) is -0.385. The van der Waals surface area contributed by atoms with E-state index < -0.39 is 23.9 Å². The molecule has 2 heterocycles. The highest BCUT2D eigenvalue weighted by Gasteiger charge is 2.37. The standard InChI is InChI=1S/C23H22ClF2N5O2/c1-11-5-16(29-12(2)22(33)13-6-14(25)8-15(26)7-13)3-4-17(11)20-21-23(27)28-9-18(24)31(21)19(10-32)30-20/h3-9,19,22,29-30,32-33H,2,10H2,1H3,(H2,27,28). The number of rotatable bonds is 6. The molecule has 172 valence electrons. The van der Waals surface area contributed by atoms with Crippen LogP contribution in [-0.4, -0.2) is 33.7 Å². The Bertz CT molecular complexity index is 1210. The van der Waals surface area contributed by atoms with Crippen molar-refractivity contribution in [2.24, 2.45) is 10.7 Å². The number of halogens is 3. The maximum Gasteiger partial charge on any atom is 0.149 e. The fourth-order valence-electron chi connectivity index (χ4n) is 3.87. The van der Waals surface area contributed by atoms with Crippen molar-refractivity contribution >= 4 is 28.8 Å². The molecule has 2 aromatic rings. The summed E-state index contributed by atoms with van der Waals surface area (Å²) in [6, 6.07) is 8.23.